The van der Waals surface area contributed by atoms with E-state index in [2.05, 4.69) is 10.4 Å². The van der Waals surface area contributed by atoms with E-state index in [-0.39, 0.29) is 12.0 Å². The first-order chi connectivity index (χ1) is 10.2. The van der Waals surface area contributed by atoms with Gasteiger partial charge in [0, 0.05) is 25.7 Å². The lowest BCUT2D eigenvalue weighted by atomic mass is 10.0. The van der Waals surface area contributed by atoms with E-state index in [1.807, 2.05) is 27.7 Å². The topological polar surface area (TPSA) is 76.5 Å². The van der Waals surface area contributed by atoms with E-state index in [9.17, 15) is 9.59 Å². The number of aryl methyl sites for hydroxylation is 1. The van der Waals surface area contributed by atoms with Gasteiger partial charge in [-0.05, 0) is 34.1 Å². The lowest BCUT2D eigenvalue weighted by Crippen LogP contribution is -2.40. The van der Waals surface area contributed by atoms with Crippen molar-refractivity contribution in [3.05, 3.63) is 17.0 Å². The Labute approximate surface area is 130 Å². The summed E-state index contributed by atoms with van der Waals surface area (Å²) in [5.41, 5.74) is 1.76. The Kier molecular flexibility index (Phi) is 4.44. The minimum atomic E-state index is -0.518. The fourth-order valence-corrected chi connectivity index (χ4v) is 2.48. The van der Waals surface area contributed by atoms with Crippen LogP contribution in [0.1, 0.15) is 49.4 Å². The molecule has 0 saturated heterocycles. The Morgan fingerprint density at radius 1 is 1.36 bits per heavy atom. The van der Waals surface area contributed by atoms with Gasteiger partial charge in [-0.15, -0.1) is 0 Å². The molecule has 0 aliphatic carbocycles. The number of hydrogen-bond donors (Lipinski definition) is 1. The van der Waals surface area contributed by atoms with E-state index >= 15 is 0 Å². The fourth-order valence-electron chi connectivity index (χ4n) is 2.48. The van der Waals surface area contributed by atoms with Gasteiger partial charge >= 0.3 is 6.09 Å². The van der Waals surface area contributed by atoms with Crippen molar-refractivity contribution in [2.24, 2.45) is 7.05 Å². The first kappa shape index (κ1) is 16.3. The molecule has 0 spiro atoms. The Bertz CT molecular complexity index is 586. The van der Waals surface area contributed by atoms with E-state index in [0.29, 0.717) is 31.7 Å². The molecule has 122 valence electrons. The normalized spacial score (nSPS) is 14.5. The summed E-state index contributed by atoms with van der Waals surface area (Å²) in [5.74, 6) is -0.162. The highest BCUT2D eigenvalue weighted by Crippen LogP contribution is 2.23. The second kappa shape index (κ2) is 5.98. The van der Waals surface area contributed by atoms with Crippen molar-refractivity contribution in [2.45, 2.75) is 46.3 Å². The predicted octanol–water partition coefficient (Wildman–Crippen LogP) is 1.46. The molecule has 1 aliphatic rings. The monoisotopic (exact) mass is 308 g/mol. The first-order valence-corrected chi connectivity index (χ1v) is 7.53. The molecular formula is C15H24N4O3. The highest BCUT2D eigenvalue weighted by Gasteiger charge is 2.31. The SMILES string of the molecule is CCNC(=O)c1nn(C)c2c1CCN(C(=O)OC(C)(C)C)C2. The maximum absolute atomic E-state index is 12.2. The zero-order valence-electron chi connectivity index (χ0n) is 13.9. The Hall–Kier alpha value is -2.05. The minimum Gasteiger partial charge on any atom is -0.444 e. The van der Waals surface area contributed by atoms with E-state index in [4.69, 9.17) is 4.74 Å². The number of rotatable bonds is 2. The number of hydrogen-bond acceptors (Lipinski definition) is 4. The number of fused-ring (bicyclic) bond motifs is 1. The van der Waals surface area contributed by atoms with Crippen molar-refractivity contribution in [1.29, 1.82) is 0 Å². The third kappa shape index (κ3) is 3.40. The molecule has 2 rings (SSSR count). The van der Waals surface area contributed by atoms with Gasteiger partial charge < -0.3 is 15.0 Å². The van der Waals surface area contributed by atoms with Gasteiger partial charge in [0.1, 0.15) is 5.60 Å². The van der Waals surface area contributed by atoms with E-state index in [1.165, 1.54) is 0 Å². The van der Waals surface area contributed by atoms with Crippen LogP contribution in [-0.4, -0.2) is 45.4 Å². The average molecular weight is 308 g/mol. The standard InChI is InChI=1S/C15H24N4O3/c1-6-16-13(20)12-10-7-8-19(9-11(10)18(5)17-12)14(21)22-15(2,3)4/h6-9H2,1-5H3,(H,16,20). The van der Waals surface area contributed by atoms with E-state index in [1.54, 1.807) is 16.6 Å². The van der Waals surface area contributed by atoms with Crippen LogP contribution in [0.2, 0.25) is 0 Å². The van der Waals surface area contributed by atoms with Gasteiger partial charge in [-0.1, -0.05) is 0 Å². The van der Waals surface area contributed by atoms with Crippen molar-refractivity contribution in [1.82, 2.24) is 20.0 Å². The fraction of sp³-hybridized carbons (Fsp3) is 0.667. The van der Waals surface area contributed by atoms with Gasteiger partial charge in [-0.3, -0.25) is 9.48 Å². The molecule has 0 bridgehead atoms. The molecule has 1 aromatic heterocycles. The van der Waals surface area contributed by atoms with Crippen LogP contribution in [0.4, 0.5) is 4.79 Å². The predicted molar refractivity (Wildman–Crippen MR) is 81.6 cm³/mol. The van der Waals surface area contributed by atoms with Gasteiger partial charge in [0.15, 0.2) is 5.69 Å². The van der Waals surface area contributed by atoms with Crippen LogP contribution < -0.4 is 5.32 Å². The molecule has 1 N–H and O–H groups in total. The smallest absolute Gasteiger partial charge is 0.410 e. The molecule has 0 unspecified atom stereocenters. The van der Waals surface area contributed by atoms with E-state index in [0.717, 1.165) is 11.3 Å². The summed E-state index contributed by atoms with van der Waals surface area (Å²) in [4.78, 5) is 25.9. The van der Waals surface area contributed by atoms with Crippen molar-refractivity contribution < 1.29 is 14.3 Å². The van der Waals surface area contributed by atoms with Crippen LogP contribution in [0.5, 0.6) is 0 Å². The molecule has 0 fully saturated rings. The van der Waals surface area contributed by atoms with Gasteiger partial charge in [0.2, 0.25) is 0 Å². The summed E-state index contributed by atoms with van der Waals surface area (Å²) in [6.07, 6.45) is 0.272. The van der Waals surface area contributed by atoms with Crippen LogP contribution in [0, 0.1) is 0 Å². The number of nitrogens with one attached hydrogen (secondary N) is 1. The molecule has 1 aromatic rings. The lowest BCUT2D eigenvalue weighted by Gasteiger charge is -2.30. The maximum Gasteiger partial charge on any atom is 0.410 e. The number of carbonyl (C=O) groups excluding carboxylic acids is 2. The molecule has 7 heteroatoms. The number of amides is 2. The summed E-state index contributed by atoms with van der Waals surface area (Å²) in [6.45, 7) is 8.91. The van der Waals surface area contributed by atoms with Gasteiger partial charge in [0.05, 0.1) is 12.2 Å². The molecule has 0 atom stereocenters. The maximum atomic E-state index is 12.2. The summed E-state index contributed by atoms with van der Waals surface area (Å²) in [6, 6.07) is 0. The highest BCUT2D eigenvalue weighted by molar-refractivity contribution is 5.94. The average Bonchev–Trinajstić information content (AvgIpc) is 2.74. The molecule has 2 heterocycles. The van der Waals surface area contributed by atoms with Crippen LogP contribution >= 0.6 is 0 Å². The molecule has 7 nitrogen and oxygen atoms in total. The molecule has 0 aromatic carbocycles. The largest absolute Gasteiger partial charge is 0.444 e. The molecule has 2 amide bonds. The molecule has 22 heavy (non-hydrogen) atoms. The van der Waals surface area contributed by atoms with E-state index < -0.39 is 5.60 Å². The first-order valence-electron chi connectivity index (χ1n) is 7.53. The second-order valence-electron chi connectivity index (χ2n) is 6.41. The van der Waals surface area contributed by atoms with Crippen LogP contribution in [0.3, 0.4) is 0 Å². The van der Waals surface area contributed by atoms with Gasteiger partial charge in [-0.25, -0.2) is 4.79 Å². The Balaban J connectivity index is 2.18. The van der Waals surface area contributed by atoms with Crippen LogP contribution in [0.25, 0.3) is 0 Å². The molecule has 1 aliphatic heterocycles. The van der Waals surface area contributed by atoms with Crippen molar-refractivity contribution in [3.63, 3.8) is 0 Å². The zero-order chi connectivity index (χ0) is 16.5. The number of carbonyl (C=O) groups is 2. The minimum absolute atomic E-state index is 0.162. The summed E-state index contributed by atoms with van der Waals surface area (Å²) in [5, 5.41) is 7.08. The number of nitrogens with zero attached hydrogens (tertiary/aromatic N) is 3. The molecule has 0 saturated carbocycles. The third-order valence-corrected chi connectivity index (χ3v) is 3.45. The lowest BCUT2D eigenvalue weighted by molar-refractivity contribution is 0.0219. The Morgan fingerprint density at radius 3 is 2.64 bits per heavy atom. The zero-order valence-corrected chi connectivity index (χ0v) is 13.9. The van der Waals surface area contributed by atoms with Gasteiger partial charge in [-0.2, -0.15) is 5.10 Å². The van der Waals surface area contributed by atoms with Gasteiger partial charge in [0.25, 0.3) is 5.91 Å². The third-order valence-electron chi connectivity index (χ3n) is 3.45. The highest BCUT2D eigenvalue weighted by atomic mass is 16.6. The quantitative estimate of drug-likeness (QED) is 0.897. The molecule has 0 radical (unpaired) electrons. The van der Waals surface area contributed by atoms with Crippen molar-refractivity contribution >= 4 is 12.0 Å². The summed E-state index contributed by atoms with van der Waals surface area (Å²) in [7, 11) is 1.79. The van der Waals surface area contributed by atoms with Crippen molar-refractivity contribution in [3.8, 4) is 0 Å². The Morgan fingerprint density at radius 2 is 2.05 bits per heavy atom. The number of ether oxygens (including phenoxy) is 1. The summed E-state index contributed by atoms with van der Waals surface area (Å²) < 4.78 is 7.08. The second-order valence-corrected chi connectivity index (χ2v) is 6.41. The van der Waals surface area contributed by atoms with Crippen LogP contribution in [-0.2, 0) is 24.8 Å². The van der Waals surface area contributed by atoms with Crippen LogP contribution in [0.15, 0.2) is 0 Å². The molecular weight excluding hydrogens is 284 g/mol. The van der Waals surface area contributed by atoms with Crippen molar-refractivity contribution in [2.75, 3.05) is 13.1 Å². The summed E-state index contributed by atoms with van der Waals surface area (Å²) >= 11 is 0. The number of aromatic nitrogens is 2.